The van der Waals surface area contributed by atoms with Gasteiger partial charge >= 0.3 is 0 Å². The summed E-state index contributed by atoms with van der Waals surface area (Å²) in [5.74, 6) is -3.04. The molecule has 1 atom stereocenters. The van der Waals surface area contributed by atoms with Gasteiger partial charge in [-0.1, -0.05) is 133 Å². The molecule has 8 aromatic carbocycles. The van der Waals surface area contributed by atoms with Crippen LogP contribution in [-0.2, 0) is 11.6 Å². The Morgan fingerprint density at radius 2 is 1.00 bits per heavy atom. The fraction of sp³-hybridized carbons (Fsp3) is 0.0625. The Kier molecular flexibility index (Phi) is 6.62. The second kappa shape index (κ2) is 11.3. The summed E-state index contributed by atoms with van der Waals surface area (Å²) in [6.07, 6.45) is 2.15. The standard InChI is InChI=1S/C48H32F2N2/c1-47(40-22-20-32-14-17-35(26-39(32)27-40)36-21-23-42-41-12-6-7-13-43(41)48(49,50)44(42)28-36)51-45(37-18-15-30-8-2-4-10-33(30)24-37)29-46(52-47)38-19-16-31-9-3-5-11-34(31)25-38/h2-29,51H,1H3. The van der Waals surface area contributed by atoms with Crippen LogP contribution in [-0.4, -0.2) is 5.71 Å². The maximum atomic E-state index is 15.6. The van der Waals surface area contributed by atoms with E-state index < -0.39 is 11.6 Å². The first-order chi connectivity index (χ1) is 25.3. The molecule has 0 aromatic heterocycles. The van der Waals surface area contributed by atoms with E-state index in [1.165, 1.54) is 22.2 Å². The van der Waals surface area contributed by atoms with Crippen molar-refractivity contribution in [1.29, 1.82) is 0 Å². The molecule has 2 nitrogen and oxygen atoms in total. The molecule has 0 saturated heterocycles. The Morgan fingerprint density at radius 3 is 1.77 bits per heavy atom. The van der Waals surface area contributed by atoms with Crippen LogP contribution in [0.1, 0.15) is 34.7 Å². The lowest BCUT2D eigenvalue weighted by atomic mass is 9.92. The van der Waals surface area contributed by atoms with Crippen molar-refractivity contribution in [3.8, 4) is 22.3 Å². The first-order valence-electron chi connectivity index (χ1n) is 17.6. The summed E-state index contributed by atoms with van der Waals surface area (Å²) in [4.78, 5) is 5.41. The van der Waals surface area contributed by atoms with E-state index >= 15 is 8.78 Å². The number of allylic oxidation sites excluding steroid dienone is 1. The van der Waals surface area contributed by atoms with E-state index in [1.54, 1.807) is 18.2 Å². The van der Waals surface area contributed by atoms with Crippen LogP contribution in [0, 0.1) is 0 Å². The Labute approximate surface area is 300 Å². The van der Waals surface area contributed by atoms with E-state index in [-0.39, 0.29) is 11.1 Å². The second-order valence-corrected chi connectivity index (χ2v) is 14.0. The topological polar surface area (TPSA) is 24.4 Å². The lowest BCUT2D eigenvalue weighted by Gasteiger charge is -2.34. The van der Waals surface area contributed by atoms with Crippen molar-refractivity contribution in [1.82, 2.24) is 5.32 Å². The lowest BCUT2D eigenvalue weighted by molar-refractivity contribution is 0.0480. The predicted molar refractivity (Wildman–Crippen MR) is 211 cm³/mol. The van der Waals surface area contributed by atoms with Gasteiger partial charge in [-0.05, 0) is 109 Å². The van der Waals surface area contributed by atoms with E-state index in [9.17, 15) is 0 Å². The monoisotopic (exact) mass is 674 g/mol. The molecule has 0 fully saturated rings. The minimum absolute atomic E-state index is 0.0579. The first kappa shape index (κ1) is 30.4. The van der Waals surface area contributed by atoms with Gasteiger partial charge in [0.05, 0.1) is 5.71 Å². The molecule has 1 aliphatic carbocycles. The zero-order chi connectivity index (χ0) is 35.0. The summed E-state index contributed by atoms with van der Waals surface area (Å²) in [6.45, 7) is 2.12. The minimum atomic E-state index is -3.04. The molecule has 52 heavy (non-hydrogen) atoms. The number of aliphatic imine (C=N–C) groups is 1. The van der Waals surface area contributed by atoms with Crippen molar-refractivity contribution in [2.24, 2.45) is 4.99 Å². The highest BCUT2D eigenvalue weighted by Gasteiger charge is 2.44. The fourth-order valence-corrected chi connectivity index (χ4v) is 7.97. The van der Waals surface area contributed by atoms with Crippen molar-refractivity contribution in [3.63, 3.8) is 0 Å². The molecule has 1 N–H and O–H groups in total. The third-order valence-corrected chi connectivity index (χ3v) is 10.8. The molecule has 0 saturated carbocycles. The molecule has 248 valence electrons. The maximum Gasteiger partial charge on any atom is 0.299 e. The van der Waals surface area contributed by atoms with E-state index in [0.717, 1.165) is 55.4 Å². The fourth-order valence-electron chi connectivity index (χ4n) is 7.97. The van der Waals surface area contributed by atoms with Gasteiger partial charge in [-0.3, -0.25) is 4.99 Å². The maximum absolute atomic E-state index is 15.6. The third-order valence-electron chi connectivity index (χ3n) is 10.8. The molecule has 8 aromatic rings. The predicted octanol–water partition coefficient (Wildman–Crippen LogP) is 12.2. The van der Waals surface area contributed by atoms with Crippen LogP contribution in [0.3, 0.4) is 0 Å². The minimum Gasteiger partial charge on any atom is -0.357 e. The smallest absolute Gasteiger partial charge is 0.299 e. The molecule has 0 spiro atoms. The van der Waals surface area contributed by atoms with E-state index in [2.05, 4.69) is 134 Å². The molecule has 2 aliphatic rings. The van der Waals surface area contributed by atoms with Crippen LogP contribution < -0.4 is 5.32 Å². The second-order valence-electron chi connectivity index (χ2n) is 14.0. The highest BCUT2D eigenvalue weighted by atomic mass is 19.3. The molecule has 0 radical (unpaired) electrons. The molecule has 0 amide bonds. The number of rotatable bonds is 4. The van der Waals surface area contributed by atoms with Crippen LogP contribution in [0.25, 0.3) is 60.3 Å². The van der Waals surface area contributed by atoms with Crippen LogP contribution >= 0.6 is 0 Å². The molecular weight excluding hydrogens is 643 g/mol. The van der Waals surface area contributed by atoms with Crippen molar-refractivity contribution in [2.75, 3.05) is 0 Å². The van der Waals surface area contributed by atoms with Gasteiger partial charge in [0.1, 0.15) is 0 Å². The van der Waals surface area contributed by atoms with Gasteiger partial charge in [-0.2, -0.15) is 8.78 Å². The average molecular weight is 675 g/mol. The van der Waals surface area contributed by atoms with Crippen LogP contribution in [0.2, 0.25) is 0 Å². The van der Waals surface area contributed by atoms with Crippen molar-refractivity contribution < 1.29 is 8.78 Å². The molecule has 10 rings (SSSR count). The van der Waals surface area contributed by atoms with Gasteiger partial charge in [-0.15, -0.1) is 0 Å². The largest absolute Gasteiger partial charge is 0.357 e. The highest BCUT2D eigenvalue weighted by molar-refractivity contribution is 6.14. The number of hydrogen-bond donors (Lipinski definition) is 1. The van der Waals surface area contributed by atoms with Crippen molar-refractivity contribution in [3.05, 3.63) is 198 Å². The summed E-state index contributed by atoms with van der Waals surface area (Å²) in [7, 11) is 0. The summed E-state index contributed by atoms with van der Waals surface area (Å²) in [5.41, 5.74) is 7.17. The van der Waals surface area contributed by atoms with E-state index in [1.807, 2.05) is 24.3 Å². The molecule has 4 heteroatoms. The molecule has 1 aliphatic heterocycles. The van der Waals surface area contributed by atoms with Gasteiger partial charge < -0.3 is 5.32 Å². The Bertz CT molecular complexity index is 2830. The Balaban J connectivity index is 1.08. The number of benzene rings is 8. The lowest BCUT2D eigenvalue weighted by Crippen LogP contribution is -2.40. The zero-order valence-corrected chi connectivity index (χ0v) is 28.4. The third kappa shape index (κ3) is 4.86. The number of fused-ring (bicyclic) bond motifs is 6. The summed E-state index contributed by atoms with van der Waals surface area (Å²) >= 11 is 0. The first-order valence-corrected chi connectivity index (χ1v) is 17.6. The SMILES string of the molecule is CC1(c2ccc3ccc(-c4ccc5c(c4)C(F)(F)c4ccccc4-5)cc3c2)N=C(c2ccc3ccccc3c2)C=C(c2ccc3ccccc3c2)N1. The number of nitrogens with one attached hydrogen (secondary N) is 1. The highest BCUT2D eigenvalue weighted by Crippen LogP contribution is 2.51. The van der Waals surface area contributed by atoms with Gasteiger partial charge in [0, 0.05) is 22.4 Å². The number of halogens is 2. The van der Waals surface area contributed by atoms with Crippen LogP contribution in [0.5, 0.6) is 0 Å². The van der Waals surface area contributed by atoms with Crippen LogP contribution in [0.4, 0.5) is 8.78 Å². The van der Waals surface area contributed by atoms with E-state index in [4.69, 9.17) is 4.99 Å². The van der Waals surface area contributed by atoms with Gasteiger partial charge in [-0.25, -0.2) is 0 Å². The quantitative estimate of drug-likeness (QED) is 0.197. The Hall–Kier alpha value is -6.39. The number of alkyl halides is 2. The normalized spacial score (nSPS) is 17.4. The summed E-state index contributed by atoms with van der Waals surface area (Å²) in [6, 6.07) is 54.7. The van der Waals surface area contributed by atoms with Crippen LogP contribution in [0.15, 0.2) is 175 Å². The molecule has 1 heterocycles. The average Bonchev–Trinajstić information content (AvgIpc) is 3.42. The Morgan fingerprint density at radius 1 is 0.462 bits per heavy atom. The van der Waals surface area contributed by atoms with Gasteiger partial charge in [0.15, 0.2) is 5.66 Å². The van der Waals surface area contributed by atoms with Crippen molar-refractivity contribution >= 4 is 43.7 Å². The van der Waals surface area contributed by atoms with Crippen molar-refractivity contribution in [2.45, 2.75) is 18.5 Å². The van der Waals surface area contributed by atoms with Gasteiger partial charge in [0.2, 0.25) is 0 Å². The summed E-state index contributed by atoms with van der Waals surface area (Å²) < 4.78 is 31.2. The van der Waals surface area contributed by atoms with Gasteiger partial charge in [0.25, 0.3) is 5.92 Å². The number of hydrogen-bond acceptors (Lipinski definition) is 2. The van der Waals surface area contributed by atoms with E-state index in [0.29, 0.717) is 11.1 Å². The molecule has 0 bridgehead atoms. The molecule has 1 unspecified atom stereocenters. The number of nitrogens with zero attached hydrogens (tertiary/aromatic N) is 1. The molecular formula is C48H32F2N2. The summed E-state index contributed by atoms with van der Waals surface area (Å²) in [5, 5.41) is 10.6. The zero-order valence-electron chi connectivity index (χ0n) is 28.4.